The van der Waals surface area contributed by atoms with Crippen molar-refractivity contribution in [3.05, 3.63) is 35.5 Å². The van der Waals surface area contributed by atoms with Crippen molar-refractivity contribution in [1.29, 1.82) is 0 Å². The standard InChI is InChI=1S/C21H28FN5O3S2/c22-18-7-5-17(6-8-18)19-16-31-21(23-19)24-20(28)15-25-11-13-27(14-12-25)32(29,30)26-9-3-1-2-4-10-26/h5-8,16H,1-4,9-15H2,(H,23,24,28). The zero-order valence-corrected chi connectivity index (χ0v) is 19.5. The molecule has 0 atom stereocenters. The summed E-state index contributed by atoms with van der Waals surface area (Å²) < 4.78 is 42.1. The number of anilines is 1. The maximum Gasteiger partial charge on any atom is 0.282 e. The minimum Gasteiger partial charge on any atom is -0.301 e. The molecule has 2 aromatic rings. The van der Waals surface area contributed by atoms with E-state index in [0.717, 1.165) is 31.2 Å². The third-order valence-corrected chi connectivity index (χ3v) is 8.60. The predicted molar refractivity (Wildman–Crippen MR) is 123 cm³/mol. The van der Waals surface area contributed by atoms with Crippen LogP contribution >= 0.6 is 11.3 Å². The number of amides is 1. The summed E-state index contributed by atoms with van der Waals surface area (Å²) in [5.41, 5.74) is 1.46. The monoisotopic (exact) mass is 481 g/mol. The number of hydrogen-bond donors (Lipinski definition) is 1. The molecule has 0 spiro atoms. The average molecular weight is 482 g/mol. The summed E-state index contributed by atoms with van der Waals surface area (Å²) in [6.07, 6.45) is 4.00. The zero-order chi connectivity index (χ0) is 22.6. The number of hydrogen-bond acceptors (Lipinski definition) is 6. The molecule has 4 rings (SSSR count). The van der Waals surface area contributed by atoms with E-state index >= 15 is 0 Å². The highest BCUT2D eigenvalue weighted by atomic mass is 32.2. The molecule has 0 bridgehead atoms. The maximum absolute atomic E-state index is 13.1. The van der Waals surface area contributed by atoms with E-state index in [1.54, 1.807) is 20.7 Å². The highest BCUT2D eigenvalue weighted by Gasteiger charge is 2.32. The molecule has 0 saturated carbocycles. The number of piperazine rings is 1. The number of rotatable bonds is 6. The zero-order valence-electron chi connectivity index (χ0n) is 17.9. The topological polar surface area (TPSA) is 85.9 Å². The molecule has 1 aromatic heterocycles. The number of carbonyl (C=O) groups is 1. The molecule has 1 aromatic carbocycles. The summed E-state index contributed by atoms with van der Waals surface area (Å²) in [4.78, 5) is 18.8. The van der Waals surface area contributed by atoms with Crippen LogP contribution in [0.3, 0.4) is 0 Å². The Kier molecular flexibility index (Phi) is 7.51. The van der Waals surface area contributed by atoms with Gasteiger partial charge in [0.05, 0.1) is 12.2 Å². The second-order valence-electron chi connectivity index (χ2n) is 8.09. The first-order valence-electron chi connectivity index (χ1n) is 10.9. The van der Waals surface area contributed by atoms with E-state index < -0.39 is 10.2 Å². The molecule has 2 aliphatic rings. The van der Waals surface area contributed by atoms with Crippen LogP contribution in [0.2, 0.25) is 0 Å². The molecule has 2 saturated heterocycles. The van der Waals surface area contributed by atoms with Crippen molar-refractivity contribution in [3.8, 4) is 11.3 Å². The lowest BCUT2D eigenvalue weighted by Gasteiger charge is -2.36. The lowest BCUT2D eigenvalue weighted by Crippen LogP contribution is -2.54. The normalized spacial score (nSPS) is 19.5. The van der Waals surface area contributed by atoms with Gasteiger partial charge in [-0.3, -0.25) is 9.69 Å². The number of nitrogens with one attached hydrogen (secondary N) is 1. The molecule has 0 radical (unpaired) electrons. The highest BCUT2D eigenvalue weighted by Crippen LogP contribution is 2.25. The van der Waals surface area contributed by atoms with Crippen LogP contribution in [0.5, 0.6) is 0 Å². The Hall–Kier alpha value is -1.92. The van der Waals surface area contributed by atoms with Crippen molar-refractivity contribution in [2.45, 2.75) is 25.7 Å². The quantitative estimate of drug-likeness (QED) is 0.686. The summed E-state index contributed by atoms with van der Waals surface area (Å²) in [6.45, 7) is 3.18. The van der Waals surface area contributed by atoms with Gasteiger partial charge in [-0.15, -0.1) is 11.3 Å². The van der Waals surface area contributed by atoms with E-state index in [0.29, 0.717) is 50.1 Å². The molecule has 32 heavy (non-hydrogen) atoms. The van der Waals surface area contributed by atoms with Crippen molar-refractivity contribution in [3.63, 3.8) is 0 Å². The van der Waals surface area contributed by atoms with Gasteiger partial charge in [0, 0.05) is 50.2 Å². The fraction of sp³-hybridized carbons (Fsp3) is 0.524. The van der Waals surface area contributed by atoms with E-state index in [4.69, 9.17) is 0 Å². The van der Waals surface area contributed by atoms with Crippen LogP contribution in [0.4, 0.5) is 9.52 Å². The van der Waals surface area contributed by atoms with Crippen molar-refractivity contribution < 1.29 is 17.6 Å². The van der Waals surface area contributed by atoms with Gasteiger partial charge in [-0.2, -0.15) is 17.0 Å². The fourth-order valence-electron chi connectivity index (χ4n) is 4.00. The summed E-state index contributed by atoms with van der Waals surface area (Å²) in [5, 5.41) is 5.10. The number of thiazole rings is 1. The van der Waals surface area contributed by atoms with Gasteiger partial charge < -0.3 is 5.32 Å². The van der Waals surface area contributed by atoms with Crippen LogP contribution in [-0.4, -0.2) is 78.6 Å². The fourth-order valence-corrected chi connectivity index (χ4v) is 6.41. The second-order valence-corrected chi connectivity index (χ2v) is 10.9. The first-order chi connectivity index (χ1) is 15.4. The number of aromatic nitrogens is 1. The molecule has 3 heterocycles. The Balaban J connectivity index is 1.26. The van der Waals surface area contributed by atoms with Crippen LogP contribution in [0.1, 0.15) is 25.7 Å². The van der Waals surface area contributed by atoms with Gasteiger partial charge in [-0.25, -0.2) is 9.37 Å². The molecule has 174 valence electrons. The van der Waals surface area contributed by atoms with Crippen LogP contribution in [0.15, 0.2) is 29.6 Å². The number of benzene rings is 1. The second kappa shape index (κ2) is 10.3. The van der Waals surface area contributed by atoms with Gasteiger partial charge in [0.25, 0.3) is 10.2 Å². The molecular formula is C21H28FN5O3S2. The van der Waals surface area contributed by atoms with Crippen LogP contribution < -0.4 is 5.32 Å². The van der Waals surface area contributed by atoms with Gasteiger partial charge in [0.15, 0.2) is 5.13 Å². The van der Waals surface area contributed by atoms with Crippen molar-refractivity contribution >= 4 is 32.6 Å². The summed E-state index contributed by atoms with van der Waals surface area (Å²) >= 11 is 1.31. The van der Waals surface area contributed by atoms with Crippen LogP contribution in [0, 0.1) is 5.82 Å². The third-order valence-electron chi connectivity index (χ3n) is 5.81. The smallest absolute Gasteiger partial charge is 0.282 e. The Labute approximate surface area is 192 Å². The molecular weight excluding hydrogens is 453 g/mol. The summed E-state index contributed by atoms with van der Waals surface area (Å²) in [6, 6.07) is 6.05. The lowest BCUT2D eigenvalue weighted by molar-refractivity contribution is -0.117. The number of halogens is 1. The Morgan fingerprint density at radius 3 is 2.25 bits per heavy atom. The average Bonchev–Trinajstić information content (AvgIpc) is 3.05. The van der Waals surface area contributed by atoms with Gasteiger partial charge >= 0.3 is 0 Å². The largest absolute Gasteiger partial charge is 0.301 e. The maximum atomic E-state index is 13.1. The molecule has 0 unspecified atom stereocenters. The van der Waals surface area contributed by atoms with E-state index in [-0.39, 0.29) is 18.3 Å². The Morgan fingerprint density at radius 1 is 0.969 bits per heavy atom. The van der Waals surface area contributed by atoms with Gasteiger partial charge in [0.1, 0.15) is 5.82 Å². The molecule has 2 aliphatic heterocycles. The number of nitrogens with zero attached hydrogens (tertiary/aromatic N) is 4. The van der Waals surface area contributed by atoms with Crippen molar-refractivity contribution in [2.75, 3.05) is 51.1 Å². The lowest BCUT2D eigenvalue weighted by atomic mass is 10.2. The Bertz CT molecular complexity index is 1010. The minimum absolute atomic E-state index is 0.184. The summed E-state index contributed by atoms with van der Waals surface area (Å²) in [5.74, 6) is -0.495. The molecule has 2 fully saturated rings. The first-order valence-corrected chi connectivity index (χ1v) is 13.2. The van der Waals surface area contributed by atoms with Gasteiger partial charge in [-0.1, -0.05) is 12.8 Å². The predicted octanol–water partition coefficient (Wildman–Crippen LogP) is 2.63. The highest BCUT2D eigenvalue weighted by molar-refractivity contribution is 7.86. The van der Waals surface area contributed by atoms with Crippen molar-refractivity contribution in [2.24, 2.45) is 0 Å². The first kappa shape index (κ1) is 23.2. The molecule has 8 nitrogen and oxygen atoms in total. The van der Waals surface area contributed by atoms with E-state index in [9.17, 15) is 17.6 Å². The molecule has 1 amide bonds. The van der Waals surface area contributed by atoms with Gasteiger partial charge in [-0.05, 0) is 37.1 Å². The Morgan fingerprint density at radius 2 is 1.59 bits per heavy atom. The van der Waals surface area contributed by atoms with Gasteiger partial charge in [0.2, 0.25) is 5.91 Å². The van der Waals surface area contributed by atoms with E-state index in [2.05, 4.69) is 10.3 Å². The van der Waals surface area contributed by atoms with E-state index in [1.165, 1.54) is 23.5 Å². The minimum atomic E-state index is -3.43. The number of carbonyl (C=O) groups excluding carboxylic acids is 1. The SMILES string of the molecule is O=C(CN1CCN(S(=O)(=O)N2CCCCCC2)CC1)Nc1nc(-c2ccc(F)cc2)cs1. The summed E-state index contributed by atoms with van der Waals surface area (Å²) in [7, 11) is -3.43. The van der Waals surface area contributed by atoms with Crippen molar-refractivity contribution in [1.82, 2.24) is 18.5 Å². The van der Waals surface area contributed by atoms with Crippen LogP contribution in [0.25, 0.3) is 11.3 Å². The molecule has 1 N–H and O–H groups in total. The van der Waals surface area contributed by atoms with Crippen LogP contribution in [-0.2, 0) is 15.0 Å². The third kappa shape index (κ3) is 5.70. The van der Waals surface area contributed by atoms with E-state index in [1.807, 2.05) is 10.3 Å². The molecule has 0 aliphatic carbocycles. The molecule has 11 heteroatoms.